The van der Waals surface area contributed by atoms with E-state index in [0.29, 0.717) is 11.2 Å². The van der Waals surface area contributed by atoms with Crippen molar-refractivity contribution in [2.75, 3.05) is 0 Å². The fourth-order valence-corrected chi connectivity index (χ4v) is 4.48. The standard InChI is InChI=1S/C14H17NOS/c1-9-2-6-12(7-3-9)17-14-11-5-4-10(8-11)13(14)15-16/h2-3,6-7,10-11,14,16H,4-5,8H2,1H3/b15-13+. The number of hydrogen-bond donors (Lipinski definition) is 1. The number of rotatable bonds is 2. The lowest BCUT2D eigenvalue weighted by Crippen LogP contribution is -2.24. The lowest BCUT2D eigenvalue weighted by molar-refractivity contribution is 0.314. The Labute approximate surface area is 106 Å². The number of fused-ring (bicyclic) bond motifs is 2. The summed E-state index contributed by atoms with van der Waals surface area (Å²) in [4.78, 5) is 1.29. The van der Waals surface area contributed by atoms with Crippen LogP contribution in [0.25, 0.3) is 0 Å². The van der Waals surface area contributed by atoms with Gasteiger partial charge in [0.1, 0.15) is 0 Å². The van der Waals surface area contributed by atoms with Crippen LogP contribution in [0.15, 0.2) is 34.3 Å². The highest BCUT2D eigenvalue weighted by Crippen LogP contribution is 2.49. The molecule has 1 aromatic carbocycles. The van der Waals surface area contributed by atoms with Gasteiger partial charge in [-0.15, -0.1) is 11.8 Å². The van der Waals surface area contributed by atoms with Crippen molar-refractivity contribution in [3.05, 3.63) is 29.8 Å². The predicted molar refractivity (Wildman–Crippen MR) is 70.9 cm³/mol. The lowest BCUT2D eigenvalue weighted by Gasteiger charge is -2.22. The van der Waals surface area contributed by atoms with Crippen LogP contribution in [0.5, 0.6) is 0 Å². The summed E-state index contributed by atoms with van der Waals surface area (Å²) in [5, 5.41) is 13.1. The summed E-state index contributed by atoms with van der Waals surface area (Å²) >= 11 is 1.86. The van der Waals surface area contributed by atoms with Gasteiger partial charge in [0.2, 0.25) is 0 Å². The van der Waals surface area contributed by atoms with Crippen molar-refractivity contribution < 1.29 is 5.21 Å². The van der Waals surface area contributed by atoms with Gasteiger partial charge in [-0.3, -0.25) is 0 Å². The van der Waals surface area contributed by atoms with Crippen molar-refractivity contribution in [3.8, 4) is 0 Å². The molecule has 2 nitrogen and oxygen atoms in total. The third-order valence-electron chi connectivity index (χ3n) is 4.01. The minimum atomic E-state index is 0.404. The fraction of sp³-hybridized carbons (Fsp3) is 0.500. The Morgan fingerprint density at radius 3 is 2.71 bits per heavy atom. The normalized spacial score (nSPS) is 33.5. The molecule has 17 heavy (non-hydrogen) atoms. The van der Waals surface area contributed by atoms with Crippen LogP contribution in [0, 0.1) is 18.8 Å². The first-order valence-corrected chi connectivity index (χ1v) is 7.11. The second-order valence-electron chi connectivity index (χ2n) is 5.15. The average Bonchev–Trinajstić information content (AvgIpc) is 2.92. The van der Waals surface area contributed by atoms with E-state index in [-0.39, 0.29) is 0 Å². The number of oxime groups is 1. The molecule has 0 radical (unpaired) electrons. The zero-order valence-corrected chi connectivity index (χ0v) is 10.8. The second-order valence-corrected chi connectivity index (χ2v) is 6.36. The summed E-state index contributed by atoms with van der Waals surface area (Å²) in [6.45, 7) is 2.10. The highest BCUT2D eigenvalue weighted by Gasteiger charge is 2.45. The van der Waals surface area contributed by atoms with Crippen LogP contribution in [0.2, 0.25) is 0 Å². The minimum Gasteiger partial charge on any atom is -0.411 e. The number of benzene rings is 1. The van der Waals surface area contributed by atoms with Crippen molar-refractivity contribution in [1.29, 1.82) is 0 Å². The maximum Gasteiger partial charge on any atom is 0.0737 e. The van der Waals surface area contributed by atoms with Gasteiger partial charge in [-0.2, -0.15) is 0 Å². The van der Waals surface area contributed by atoms with E-state index in [1.165, 1.54) is 29.7 Å². The maximum atomic E-state index is 9.16. The van der Waals surface area contributed by atoms with Crippen LogP contribution in [0.3, 0.4) is 0 Å². The molecule has 3 atom stereocenters. The summed E-state index contributed by atoms with van der Waals surface area (Å²) in [7, 11) is 0. The molecule has 0 aromatic heterocycles. The molecular weight excluding hydrogens is 230 g/mol. The van der Waals surface area contributed by atoms with E-state index < -0.39 is 0 Å². The number of hydrogen-bond acceptors (Lipinski definition) is 3. The molecule has 0 heterocycles. The molecule has 2 aliphatic rings. The molecule has 1 N–H and O–H groups in total. The van der Waals surface area contributed by atoms with E-state index in [1.807, 2.05) is 11.8 Å². The molecule has 0 aliphatic heterocycles. The lowest BCUT2D eigenvalue weighted by atomic mass is 9.98. The predicted octanol–water partition coefficient (Wildman–Crippen LogP) is 3.72. The summed E-state index contributed by atoms with van der Waals surface area (Å²) in [6, 6.07) is 8.62. The average molecular weight is 247 g/mol. The molecule has 0 saturated heterocycles. The maximum absolute atomic E-state index is 9.16. The Kier molecular flexibility index (Phi) is 2.87. The monoisotopic (exact) mass is 247 g/mol. The van der Waals surface area contributed by atoms with Gasteiger partial charge in [0.15, 0.2) is 0 Å². The fourth-order valence-electron chi connectivity index (χ4n) is 3.09. The number of thioether (sulfide) groups is 1. The van der Waals surface area contributed by atoms with Crippen LogP contribution in [0.1, 0.15) is 24.8 Å². The van der Waals surface area contributed by atoms with Gasteiger partial charge in [0.05, 0.1) is 11.0 Å². The largest absolute Gasteiger partial charge is 0.411 e. The Balaban J connectivity index is 1.79. The van der Waals surface area contributed by atoms with Crippen molar-refractivity contribution >= 4 is 17.5 Å². The molecular formula is C14H17NOS. The molecule has 90 valence electrons. The second kappa shape index (κ2) is 4.37. The minimum absolute atomic E-state index is 0.404. The van der Waals surface area contributed by atoms with Crippen molar-refractivity contribution in [2.24, 2.45) is 17.0 Å². The first kappa shape index (κ1) is 11.1. The van der Waals surface area contributed by atoms with Gasteiger partial charge in [-0.1, -0.05) is 22.9 Å². The first-order chi connectivity index (χ1) is 8.28. The molecule has 0 spiro atoms. The summed E-state index contributed by atoms with van der Waals surface area (Å²) in [5.41, 5.74) is 2.32. The molecule has 2 saturated carbocycles. The molecule has 3 rings (SSSR count). The third kappa shape index (κ3) is 1.97. The summed E-state index contributed by atoms with van der Waals surface area (Å²) in [6.07, 6.45) is 3.74. The molecule has 2 fully saturated rings. The van der Waals surface area contributed by atoms with Gasteiger partial charge < -0.3 is 5.21 Å². The zero-order chi connectivity index (χ0) is 11.8. The van der Waals surface area contributed by atoms with Crippen LogP contribution < -0.4 is 0 Å². The van der Waals surface area contributed by atoms with Crippen LogP contribution >= 0.6 is 11.8 Å². The topological polar surface area (TPSA) is 32.6 Å². The van der Waals surface area contributed by atoms with E-state index in [2.05, 4.69) is 36.3 Å². The Hall–Kier alpha value is -0.960. The SMILES string of the molecule is Cc1ccc(SC2/C(=N/O)C3CCC2C3)cc1. The molecule has 0 amide bonds. The highest BCUT2D eigenvalue weighted by atomic mass is 32.2. The van der Waals surface area contributed by atoms with Gasteiger partial charge in [0.25, 0.3) is 0 Å². The Morgan fingerprint density at radius 1 is 1.24 bits per heavy atom. The van der Waals surface area contributed by atoms with Crippen LogP contribution in [-0.4, -0.2) is 16.2 Å². The summed E-state index contributed by atoms with van der Waals surface area (Å²) in [5.74, 6) is 1.27. The Bertz CT molecular complexity index is 440. The summed E-state index contributed by atoms with van der Waals surface area (Å²) < 4.78 is 0. The van der Waals surface area contributed by atoms with E-state index in [0.717, 1.165) is 11.6 Å². The molecule has 3 unspecified atom stereocenters. The Morgan fingerprint density at radius 2 is 2.00 bits per heavy atom. The first-order valence-electron chi connectivity index (χ1n) is 6.23. The van der Waals surface area contributed by atoms with E-state index >= 15 is 0 Å². The van der Waals surface area contributed by atoms with Gasteiger partial charge in [0, 0.05) is 10.8 Å². The van der Waals surface area contributed by atoms with Crippen molar-refractivity contribution in [1.82, 2.24) is 0 Å². The van der Waals surface area contributed by atoms with E-state index in [4.69, 9.17) is 5.21 Å². The van der Waals surface area contributed by atoms with E-state index in [9.17, 15) is 0 Å². The van der Waals surface area contributed by atoms with Gasteiger partial charge >= 0.3 is 0 Å². The van der Waals surface area contributed by atoms with E-state index in [1.54, 1.807) is 0 Å². The number of nitrogens with zero attached hydrogens (tertiary/aromatic N) is 1. The van der Waals surface area contributed by atoms with Crippen molar-refractivity contribution in [3.63, 3.8) is 0 Å². The zero-order valence-electron chi connectivity index (χ0n) is 9.97. The van der Waals surface area contributed by atoms with Gasteiger partial charge in [-0.05, 0) is 44.2 Å². The molecule has 3 heteroatoms. The smallest absolute Gasteiger partial charge is 0.0737 e. The van der Waals surface area contributed by atoms with Gasteiger partial charge in [-0.25, -0.2) is 0 Å². The van der Waals surface area contributed by atoms with Crippen molar-refractivity contribution in [2.45, 2.75) is 36.3 Å². The number of aryl methyl sites for hydroxylation is 1. The van der Waals surface area contributed by atoms with Crippen LogP contribution in [0.4, 0.5) is 0 Å². The molecule has 2 aliphatic carbocycles. The molecule has 2 bridgehead atoms. The quantitative estimate of drug-likeness (QED) is 0.638. The highest BCUT2D eigenvalue weighted by molar-refractivity contribution is 8.00. The third-order valence-corrected chi connectivity index (χ3v) is 5.44. The van der Waals surface area contributed by atoms with Crippen LogP contribution in [-0.2, 0) is 0 Å². The molecule has 1 aromatic rings.